The Labute approximate surface area is 204 Å². The maximum Gasteiger partial charge on any atom is 0.257 e. The molecule has 1 saturated heterocycles. The Morgan fingerprint density at radius 3 is 2.17 bits per heavy atom. The Morgan fingerprint density at radius 2 is 1.57 bits per heavy atom. The predicted molar refractivity (Wildman–Crippen MR) is 132 cm³/mol. The third kappa shape index (κ3) is 6.53. The molecule has 9 nitrogen and oxygen atoms in total. The highest BCUT2D eigenvalue weighted by atomic mass is 16.2. The Kier molecular flexibility index (Phi) is 8.35. The van der Waals surface area contributed by atoms with E-state index in [1.807, 2.05) is 13.8 Å². The van der Waals surface area contributed by atoms with Crippen molar-refractivity contribution in [2.24, 2.45) is 11.7 Å². The van der Waals surface area contributed by atoms with Gasteiger partial charge < -0.3 is 16.0 Å². The molecule has 1 aliphatic rings. The maximum absolute atomic E-state index is 13.4. The zero-order valence-electron chi connectivity index (χ0n) is 19.9. The highest BCUT2D eigenvalue weighted by Gasteiger charge is 2.38. The summed E-state index contributed by atoms with van der Waals surface area (Å²) in [4.78, 5) is 53.1. The van der Waals surface area contributed by atoms with E-state index in [-0.39, 0.29) is 29.1 Å². The predicted octanol–water partition coefficient (Wildman–Crippen LogP) is 2.06. The van der Waals surface area contributed by atoms with Crippen LogP contribution in [0, 0.1) is 11.3 Å². The molecule has 2 atom stereocenters. The number of likely N-dealkylation sites (tertiary alicyclic amines) is 1. The molecule has 5 N–H and O–H groups in total. The lowest BCUT2D eigenvalue weighted by Crippen LogP contribution is -2.54. The highest BCUT2D eigenvalue weighted by molar-refractivity contribution is 6.07. The number of hydrogen-bond acceptors (Lipinski definition) is 5. The van der Waals surface area contributed by atoms with Gasteiger partial charge in [-0.3, -0.25) is 29.9 Å². The smallest absolute Gasteiger partial charge is 0.257 e. The number of nitrogen functional groups attached to an aromatic ring is 1. The molecule has 0 unspecified atom stereocenters. The van der Waals surface area contributed by atoms with E-state index < -0.39 is 23.9 Å². The minimum atomic E-state index is -0.800. The molecule has 0 spiro atoms. The van der Waals surface area contributed by atoms with Crippen LogP contribution in [0.2, 0.25) is 0 Å². The number of amidine groups is 1. The van der Waals surface area contributed by atoms with Gasteiger partial charge in [0.15, 0.2) is 0 Å². The van der Waals surface area contributed by atoms with Crippen molar-refractivity contribution in [1.29, 1.82) is 5.41 Å². The number of amides is 4. The lowest BCUT2D eigenvalue weighted by molar-refractivity contribution is -0.139. The van der Waals surface area contributed by atoms with Crippen LogP contribution in [0.1, 0.15) is 59.4 Å². The summed E-state index contributed by atoms with van der Waals surface area (Å²) in [6.07, 6.45) is 1.46. The molecule has 0 aromatic heterocycles. The number of rotatable bonds is 8. The summed E-state index contributed by atoms with van der Waals surface area (Å²) in [6, 6.07) is 13.1. The molecule has 2 aromatic rings. The maximum atomic E-state index is 13.4. The fraction of sp³-hybridized carbons (Fsp3) is 0.346. The minimum absolute atomic E-state index is 0.122. The SMILES string of the molecule is CC(C)C[C@@H](NC(=O)c1ccccc1)C(=O)N1CCC[C@H]1C(=O)NC(=O)c1ccc(C(=N)N)cc1. The summed E-state index contributed by atoms with van der Waals surface area (Å²) in [5.74, 6) is -1.83. The first-order valence-corrected chi connectivity index (χ1v) is 11.6. The van der Waals surface area contributed by atoms with Crippen molar-refractivity contribution in [1.82, 2.24) is 15.5 Å². The average molecular weight is 478 g/mol. The minimum Gasteiger partial charge on any atom is -0.384 e. The summed E-state index contributed by atoms with van der Waals surface area (Å²) in [7, 11) is 0. The van der Waals surface area contributed by atoms with E-state index in [0.717, 1.165) is 0 Å². The number of nitrogens with two attached hydrogens (primary N) is 1. The van der Waals surface area contributed by atoms with Gasteiger partial charge in [-0.15, -0.1) is 0 Å². The van der Waals surface area contributed by atoms with Crippen molar-refractivity contribution in [3.63, 3.8) is 0 Å². The summed E-state index contributed by atoms with van der Waals surface area (Å²) in [5, 5.41) is 12.6. The second-order valence-electron chi connectivity index (χ2n) is 9.02. The molecule has 1 aliphatic heterocycles. The van der Waals surface area contributed by atoms with Gasteiger partial charge in [-0.25, -0.2) is 0 Å². The summed E-state index contributed by atoms with van der Waals surface area (Å²) < 4.78 is 0. The lowest BCUT2D eigenvalue weighted by atomic mass is 10.0. The first-order valence-electron chi connectivity index (χ1n) is 11.6. The number of imide groups is 1. The zero-order valence-corrected chi connectivity index (χ0v) is 19.9. The van der Waals surface area contributed by atoms with E-state index >= 15 is 0 Å². The molecule has 4 amide bonds. The molecule has 35 heavy (non-hydrogen) atoms. The fourth-order valence-electron chi connectivity index (χ4n) is 4.10. The Balaban J connectivity index is 1.70. The number of nitrogens with zero attached hydrogens (tertiary/aromatic N) is 1. The van der Waals surface area contributed by atoms with Gasteiger partial charge in [0, 0.05) is 23.2 Å². The standard InChI is InChI=1S/C26H31N5O4/c1-16(2)15-20(29-23(32)18-7-4-3-5-8-18)26(35)31-14-6-9-21(31)25(34)30-24(33)19-12-10-17(11-13-19)22(27)28/h3-5,7-8,10-13,16,20-21H,6,9,14-15H2,1-2H3,(H3,27,28)(H,29,32)(H,30,33,34)/t20-,21+/m1/s1. The Bertz CT molecular complexity index is 1100. The first kappa shape index (κ1) is 25.6. The van der Waals surface area contributed by atoms with Gasteiger partial charge in [0.2, 0.25) is 11.8 Å². The molecule has 0 bridgehead atoms. The molecule has 184 valence electrons. The van der Waals surface area contributed by atoms with Gasteiger partial charge in [0.25, 0.3) is 11.8 Å². The molecule has 1 heterocycles. The van der Waals surface area contributed by atoms with Gasteiger partial charge in [-0.05, 0) is 49.4 Å². The van der Waals surface area contributed by atoms with Crippen LogP contribution in [-0.4, -0.2) is 53.0 Å². The van der Waals surface area contributed by atoms with Crippen molar-refractivity contribution < 1.29 is 19.2 Å². The van der Waals surface area contributed by atoms with E-state index in [0.29, 0.717) is 36.9 Å². The van der Waals surface area contributed by atoms with Crippen LogP contribution in [0.5, 0.6) is 0 Å². The second kappa shape index (κ2) is 11.4. The van der Waals surface area contributed by atoms with Crippen LogP contribution in [0.3, 0.4) is 0 Å². The topological polar surface area (TPSA) is 145 Å². The number of carbonyl (C=O) groups excluding carboxylic acids is 4. The van der Waals surface area contributed by atoms with Crippen molar-refractivity contribution in [2.45, 2.75) is 45.2 Å². The van der Waals surface area contributed by atoms with Gasteiger partial charge >= 0.3 is 0 Å². The van der Waals surface area contributed by atoms with Gasteiger partial charge in [0.1, 0.15) is 17.9 Å². The van der Waals surface area contributed by atoms with Gasteiger partial charge in [-0.2, -0.15) is 0 Å². The van der Waals surface area contributed by atoms with Crippen LogP contribution in [0.4, 0.5) is 0 Å². The number of hydrogen-bond donors (Lipinski definition) is 4. The van der Waals surface area contributed by atoms with E-state index in [2.05, 4.69) is 10.6 Å². The van der Waals surface area contributed by atoms with Crippen molar-refractivity contribution >= 4 is 29.5 Å². The largest absolute Gasteiger partial charge is 0.384 e. The molecular formula is C26H31N5O4. The van der Waals surface area contributed by atoms with E-state index in [1.165, 1.54) is 29.2 Å². The first-order chi connectivity index (χ1) is 16.7. The van der Waals surface area contributed by atoms with Gasteiger partial charge in [-0.1, -0.05) is 44.2 Å². The number of benzene rings is 2. The van der Waals surface area contributed by atoms with Crippen molar-refractivity contribution in [3.05, 3.63) is 71.3 Å². The lowest BCUT2D eigenvalue weighted by Gasteiger charge is -2.29. The van der Waals surface area contributed by atoms with Crippen LogP contribution < -0.4 is 16.4 Å². The van der Waals surface area contributed by atoms with Gasteiger partial charge in [0.05, 0.1) is 0 Å². The molecule has 9 heteroatoms. The van der Waals surface area contributed by atoms with Crippen molar-refractivity contribution in [2.75, 3.05) is 6.54 Å². The quantitative estimate of drug-likeness (QED) is 0.261. The van der Waals surface area contributed by atoms with Crippen molar-refractivity contribution in [3.8, 4) is 0 Å². The Morgan fingerprint density at radius 1 is 0.971 bits per heavy atom. The third-order valence-electron chi connectivity index (χ3n) is 5.88. The molecule has 0 saturated carbocycles. The fourth-order valence-corrected chi connectivity index (χ4v) is 4.10. The Hall–Kier alpha value is -4.01. The monoisotopic (exact) mass is 477 g/mol. The molecule has 0 aliphatic carbocycles. The average Bonchev–Trinajstić information content (AvgIpc) is 3.33. The molecular weight excluding hydrogens is 446 g/mol. The summed E-state index contributed by atoms with van der Waals surface area (Å²) in [5.41, 5.74) is 6.59. The molecule has 3 rings (SSSR count). The van der Waals surface area contributed by atoms with E-state index in [4.69, 9.17) is 11.1 Å². The zero-order chi connectivity index (χ0) is 25.5. The second-order valence-corrected chi connectivity index (χ2v) is 9.02. The van der Waals surface area contributed by atoms with Crippen LogP contribution in [-0.2, 0) is 9.59 Å². The van der Waals surface area contributed by atoms with E-state index in [9.17, 15) is 19.2 Å². The van der Waals surface area contributed by atoms with E-state index in [1.54, 1.807) is 30.3 Å². The third-order valence-corrected chi connectivity index (χ3v) is 5.88. The molecule has 0 radical (unpaired) electrons. The van der Waals surface area contributed by atoms with Crippen LogP contribution >= 0.6 is 0 Å². The number of nitrogens with one attached hydrogen (secondary N) is 3. The molecule has 1 fully saturated rings. The summed E-state index contributed by atoms with van der Waals surface area (Å²) >= 11 is 0. The number of carbonyl (C=O) groups is 4. The van der Waals surface area contributed by atoms with Crippen LogP contribution in [0.15, 0.2) is 54.6 Å². The van der Waals surface area contributed by atoms with Crippen LogP contribution in [0.25, 0.3) is 0 Å². The molecule has 2 aromatic carbocycles. The normalized spacial score (nSPS) is 16.0. The summed E-state index contributed by atoms with van der Waals surface area (Å²) in [6.45, 7) is 4.28. The highest BCUT2D eigenvalue weighted by Crippen LogP contribution is 2.21.